The number of carbonyl (C=O) groups is 1. The second-order valence-electron chi connectivity index (χ2n) is 5.88. The van der Waals surface area contributed by atoms with Crippen molar-refractivity contribution in [2.45, 2.75) is 64.6 Å². The number of piperidine rings is 1. The van der Waals surface area contributed by atoms with Gasteiger partial charge in [0.15, 0.2) is 0 Å². The van der Waals surface area contributed by atoms with E-state index < -0.39 is 5.60 Å². The van der Waals surface area contributed by atoms with Crippen LogP contribution in [0.3, 0.4) is 0 Å². The number of ether oxygens (including phenoxy) is 1. The molecule has 1 saturated heterocycles. The Balaban J connectivity index is 2.55. The summed E-state index contributed by atoms with van der Waals surface area (Å²) in [6, 6.07) is 0.444. The Morgan fingerprint density at radius 2 is 2.06 bits per heavy atom. The van der Waals surface area contributed by atoms with Crippen molar-refractivity contribution in [1.82, 2.24) is 4.90 Å². The van der Waals surface area contributed by atoms with Crippen LogP contribution in [0.5, 0.6) is 0 Å². The molecule has 4 nitrogen and oxygen atoms in total. The summed E-state index contributed by atoms with van der Waals surface area (Å²) in [7, 11) is 0. The van der Waals surface area contributed by atoms with Crippen molar-refractivity contribution in [1.29, 1.82) is 0 Å². The quantitative estimate of drug-likeness (QED) is 0.764. The van der Waals surface area contributed by atoms with Gasteiger partial charge in [0.05, 0.1) is 13.2 Å². The zero-order chi connectivity index (χ0) is 13.1. The Hall–Kier alpha value is -0.610. The second kappa shape index (κ2) is 5.83. The summed E-state index contributed by atoms with van der Waals surface area (Å²) < 4.78 is 5.32. The second-order valence-corrected chi connectivity index (χ2v) is 5.88. The van der Waals surface area contributed by atoms with Crippen LogP contribution in [0.15, 0.2) is 0 Å². The van der Waals surface area contributed by atoms with Crippen LogP contribution >= 0.6 is 0 Å². The van der Waals surface area contributed by atoms with Gasteiger partial charge in [0.2, 0.25) is 0 Å². The fourth-order valence-electron chi connectivity index (χ4n) is 2.34. The van der Waals surface area contributed by atoms with Gasteiger partial charge in [-0.3, -0.25) is 9.69 Å². The molecule has 0 aromatic carbocycles. The first-order chi connectivity index (χ1) is 7.83. The number of hydrogen-bond donors (Lipinski definition) is 1. The van der Waals surface area contributed by atoms with Crippen LogP contribution in [0.25, 0.3) is 0 Å². The van der Waals surface area contributed by atoms with Gasteiger partial charge >= 0.3 is 5.97 Å². The number of likely N-dealkylation sites (tertiary alicyclic amines) is 1. The molecule has 1 aliphatic rings. The van der Waals surface area contributed by atoms with Gasteiger partial charge in [-0.25, -0.2) is 0 Å². The van der Waals surface area contributed by atoms with Crippen molar-refractivity contribution in [3.05, 3.63) is 0 Å². The molecule has 0 radical (unpaired) electrons. The normalized spacial score (nSPS) is 26.9. The van der Waals surface area contributed by atoms with E-state index in [1.165, 1.54) is 0 Å². The maximum atomic E-state index is 11.8. The Bertz CT molecular complexity index is 260. The Morgan fingerprint density at radius 3 is 2.59 bits per heavy atom. The molecule has 0 aromatic rings. The maximum absolute atomic E-state index is 11.8. The molecule has 0 amide bonds. The van der Waals surface area contributed by atoms with Gasteiger partial charge in [-0.15, -0.1) is 0 Å². The number of esters is 1. The first-order valence-electron chi connectivity index (χ1n) is 6.42. The fraction of sp³-hybridized carbons (Fsp3) is 0.923. The fourth-order valence-corrected chi connectivity index (χ4v) is 2.34. The predicted octanol–water partition coefficient (Wildman–Crippen LogP) is 1.56. The molecular formula is C13H25NO3. The van der Waals surface area contributed by atoms with E-state index in [0.717, 1.165) is 19.3 Å². The molecular weight excluding hydrogens is 218 g/mol. The third-order valence-corrected chi connectivity index (χ3v) is 3.14. The highest BCUT2D eigenvalue weighted by Crippen LogP contribution is 2.22. The van der Waals surface area contributed by atoms with E-state index in [9.17, 15) is 9.90 Å². The first kappa shape index (κ1) is 14.5. The van der Waals surface area contributed by atoms with Crippen molar-refractivity contribution < 1.29 is 14.6 Å². The average molecular weight is 243 g/mol. The van der Waals surface area contributed by atoms with Gasteiger partial charge in [0.1, 0.15) is 5.60 Å². The van der Waals surface area contributed by atoms with E-state index in [-0.39, 0.29) is 25.2 Å². The molecule has 2 unspecified atom stereocenters. The predicted molar refractivity (Wildman–Crippen MR) is 66.7 cm³/mol. The molecule has 4 heteroatoms. The number of carbonyl (C=O) groups excluding carboxylic acids is 1. The summed E-state index contributed by atoms with van der Waals surface area (Å²) in [5.74, 6) is -0.204. The van der Waals surface area contributed by atoms with Crippen LogP contribution in [0, 0.1) is 0 Å². The van der Waals surface area contributed by atoms with Crippen LogP contribution < -0.4 is 0 Å². The van der Waals surface area contributed by atoms with E-state index in [1.807, 2.05) is 20.8 Å². The molecule has 1 aliphatic heterocycles. The molecule has 1 N–H and O–H groups in total. The summed E-state index contributed by atoms with van der Waals surface area (Å²) >= 11 is 0. The highest BCUT2D eigenvalue weighted by Gasteiger charge is 2.30. The first-order valence-corrected chi connectivity index (χ1v) is 6.42. The molecule has 0 aliphatic carbocycles. The van der Waals surface area contributed by atoms with Gasteiger partial charge in [-0.2, -0.15) is 0 Å². The van der Waals surface area contributed by atoms with E-state index in [1.54, 1.807) is 0 Å². The SMILES string of the molecule is CC1CCCC(CO)N1CC(=O)OC(C)(C)C. The van der Waals surface area contributed by atoms with E-state index in [2.05, 4.69) is 11.8 Å². The minimum absolute atomic E-state index is 0.103. The Labute approximate surface area is 104 Å². The molecule has 2 atom stereocenters. The third kappa shape index (κ3) is 4.64. The van der Waals surface area contributed by atoms with Crippen molar-refractivity contribution in [3.63, 3.8) is 0 Å². The van der Waals surface area contributed by atoms with Crippen LogP contribution in [-0.4, -0.2) is 46.8 Å². The lowest BCUT2D eigenvalue weighted by Crippen LogP contribution is -2.50. The molecule has 1 rings (SSSR count). The van der Waals surface area contributed by atoms with Crippen molar-refractivity contribution in [2.24, 2.45) is 0 Å². The summed E-state index contributed by atoms with van der Waals surface area (Å²) in [6.07, 6.45) is 3.17. The smallest absolute Gasteiger partial charge is 0.320 e. The maximum Gasteiger partial charge on any atom is 0.320 e. The zero-order valence-electron chi connectivity index (χ0n) is 11.4. The standard InChI is InChI=1S/C13H25NO3/c1-10-6-5-7-11(9-15)14(10)8-12(16)17-13(2,3)4/h10-11,15H,5-9H2,1-4H3. The van der Waals surface area contributed by atoms with E-state index >= 15 is 0 Å². The average Bonchev–Trinajstić information content (AvgIpc) is 2.18. The third-order valence-electron chi connectivity index (χ3n) is 3.14. The number of aliphatic hydroxyl groups excluding tert-OH is 1. The van der Waals surface area contributed by atoms with Crippen LogP contribution in [0.1, 0.15) is 47.0 Å². The lowest BCUT2D eigenvalue weighted by atomic mass is 9.97. The van der Waals surface area contributed by atoms with Crippen molar-refractivity contribution in [2.75, 3.05) is 13.2 Å². The van der Waals surface area contributed by atoms with Crippen molar-refractivity contribution in [3.8, 4) is 0 Å². The summed E-state index contributed by atoms with van der Waals surface area (Å²) in [6.45, 7) is 8.11. The van der Waals surface area contributed by atoms with Gasteiger partial charge in [0, 0.05) is 12.1 Å². The lowest BCUT2D eigenvalue weighted by Gasteiger charge is -2.39. The topological polar surface area (TPSA) is 49.8 Å². The molecule has 100 valence electrons. The van der Waals surface area contributed by atoms with E-state index in [4.69, 9.17) is 4.74 Å². The molecule has 17 heavy (non-hydrogen) atoms. The molecule has 1 heterocycles. The highest BCUT2D eigenvalue weighted by atomic mass is 16.6. The Morgan fingerprint density at radius 1 is 1.41 bits per heavy atom. The number of aliphatic hydroxyl groups is 1. The van der Waals surface area contributed by atoms with Gasteiger partial charge in [0.25, 0.3) is 0 Å². The summed E-state index contributed by atoms with van der Waals surface area (Å²) in [5.41, 5.74) is -0.440. The molecule has 0 spiro atoms. The Kier molecular flexibility index (Phi) is 4.95. The van der Waals surface area contributed by atoms with Gasteiger partial charge in [-0.1, -0.05) is 6.42 Å². The van der Waals surface area contributed by atoms with Crippen LogP contribution in [0.4, 0.5) is 0 Å². The molecule has 0 bridgehead atoms. The summed E-state index contributed by atoms with van der Waals surface area (Å²) in [4.78, 5) is 13.9. The lowest BCUT2D eigenvalue weighted by molar-refractivity contribution is -0.158. The van der Waals surface area contributed by atoms with Crippen LogP contribution in [-0.2, 0) is 9.53 Å². The number of hydrogen-bond acceptors (Lipinski definition) is 4. The van der Waals surface area contributed by atoms with Crippen molar-refractivity contribution >= 4 is 5.97 Å². The zero-order valence-corrected chi connectivity index (χ0v) is 11.4. The van der Waals surface area contributed by atoms with Gasteiger partial charge < -0.3 is 9.84 Å². The highest BCUT2D eigenvalue weighted by molar-refractivity contribution is 5.72. The molecule has 1 fully saturated rings. The number of nitrogens with zero attached hydrogens (tertiary/aromatic N) is 1. The van der Waals surface area contributed by atoms with E-state index in [0.29, 0.717) is 6.04 Å². The molecule has 0 saturated carbocycles. The minimum Gasteiger partial charge on any atom is -0.459 e. The van der Waals surface area contributed by atoms with Crippen LogP contribution in [0.2, 0.25) is 0 Å². The number of rotatable bonds is 3. The molecule has 0 aromatic heterocycles. The van der Waals surface area contributed by atoms with Gasteiger partial charge in [-0.05, 0) is 40.5 Å². The summed E-state index contributed by atoms with van der Waals surface area (Å²) in [5, 5.41) is 9.33. The monoisotopic (exact) mass is 243 g/mol. The minimum atomic E-state index is -0.440. The largest absolute Gasteiger partial charge is 0.459 e.